The van der Waals surface area contributed by atoms with E-state index in [1.165, 1.54) is 0 Å². The van der Waals surface area contributed by atoms with E-state index >= 15 is 0 Å². The van der Waals surface area contributed by atoms with Gasteiger partial charge in [0.1, 0.15) is 11.7 Å². The largest absolute Gasteiger partial charge is 0.384 e. The van der Waals surface area contributed by atoms with E-state index in [2.05, 4.69) is 20.9 Å². The Kier molecular flexibility index (Phi) is 3.90. The number of benzene rings is 1. The van der Waals surface area contributed by atoms with Crippen LogP contribution in [-0.2, 0) is 13.6 Å². The highest BCUT2D eigenvalue weighted by molar-refractivity contribution is 9.10. The van der Waals surface area contributed by atoms with E-state index in [9.17, 15) is 0 Å². The fourth-order valence-corrected chi connectivity index (χ4v) is 2.26. The van der Waals surface area contributed by atoms with Crippen molar-refractivity contribution in [3.8, 4) is 0 Å². The Hall–Kier alpha value is -1.82. The predicted molar refractivity (Wildman–Crippen MR) is 80.5 cm³/mol. The number of hydrogen-bond donors (Lipinski definition) is 2. The van der Waals surface area contributed by atoms with Crippen LogP contribution in [0.1, 0.15) is 11.4 Å². The maximum absolute atomic E-state index is 7.67. The number of nitrogen functional groups attached to an aromatic ring is 1. The van der Waals surface area contributed by atoms with E-state index in [1.807, 2.05) is 48.0 Å². The van der Waals surface area contributed by atoms with Gasteiger partial charge in [-0.1, -0.05) is 15.9 Å². The first kappa shape index (κ1) is 13.6. The lowest BCUT2D eigenvalue weighted by Crippen LogP contribution is -2.23. The zero-order chi connectivity index (χ0) is 14.0. The molecule has 0 saturated heterocycles. The number of nitrogens with zero attached hydrogens (tertiary/aromatic N) is 3. The van der Waals surface area contributed by atoms with Gasteiger partial charge in [-0.15, -0.1) is 0 Å². The lowest BCUT2D eigenvalue weighted by molar-refractivity contribution is 0.761. The third-order valence-electron chi connectivity index (χ3n) is 2.96. The van der Waals surface area contributed by atoms with Crippen molar-refractivity contribution in [2.45, 2.75) is 6.54 Å². The second kappa shape index (κ2) is 5.44. The van der Waals surface area contributed by atoms with E-state index in [1.54, 1.807) is 6.20 Å². The minimum atomic E-state index is 0.0583. The summed E-state index contributed by atoms with van der Waals surface area (Å²) in [7, 11) is 3.92. The van der Waals surface area contributed by atoms with E-state index < -0.39 is 0 Å². The van der Waals surface area contributed by atoms with Gasteiger partial charge in [0, 0.05) is 42.2 Å². The van der Waals surface area contributed by atoms with Crippen LogP contribution in [0.5, 0.6) is 0 Å². The van der Waals surface area contributed by atoms with Crippen molar-refractivity contribution in [1.29, 1.82) is 5.41 Å². The fraction of sp³-hybridized carbons (Fsp3) is 0.231. The zero-order valence-corrected chi connectivity index (χ0v) is 12.5. The van der Waals surface area contributed by atoms with Crippen molar-refractivity contribution in [2.75, 3.05) is 11.9 Å². The summed E-state index contributed by atoms with van der Waals surface area (Å²) in [5.74, 6) is 1.02. The summed E-state index contributed by atoms with van der Waals surface area (Å²) in [6.45, 7) is 0.658. The zero-order valence-electron chi connectivity index (χ0n) is 10.9. The Morgan fingerprint density at radius 3 is 2.84 bits per heavy atom. The molecular weight excluding hydrogens is 306 g/mol. The van der Waals surface area contributed by atoms with Gasteiger partial charge in [-0.2, -0.15) is 0 Å². The van der Waals surface area contributed by atoms with Gasteiger partial charge >= 0.3 is 0 Å². The minimum Gasteiger partial charge on any atom is -0.384 e. The molecule has 100 valence electrons. The summed E-state index contributed by atoms with van der Waals surface area (Å²) in [4.78, 5) is 6.33. The standard InChI is InChI=1S/C13H16BrN5/c1-18-6-5-17-12(18)8-19(2)11-4-3-9(14)7-10(11)13(15)16/h3-7H,8H2,1-2H3,(H3,15,16). The molecule has 0 spiro atoms. The van der Waals surface area contributed by atoms with E-state index in [0.717, 1.165) is 16.0 Å². The van der Waals surface area contributed by atoms with E-state index in [-0.39, 0.29) is 5.84 Å². The number of nitrogens with two attached hydrogens (primary N) is 1. The molecule has 1 heterocycles. The van der Waals surface area contributed by atoms with Crippen LogP contribution in [-0.4, -0.2) is 22.4 Å². The average Bonchev–Trinajstić information content (AvgIpc) is 2.74. The molecule has 0 aliphatic rings. The molecule has 2 aromatic rings. The second-order valence-corrected chi connectivity index (χ2v) is 5.30. The molecule has 0 radical (unpaired) electrons. The number of nitrogens with one attached hydrogen (secondary N) is 1. The third kappa shape index (κ3) is 2.96. The van der Waals surface area contributed by atoms with Gasteiger partial charge in [0.05, 0.1) is 6.54 Å². The highest BCUT2D eigenvalue weighted by Gasteiger charge is 2.12. The smallest absolute Gasteiger partial charge is 0.127 e. The van der Waals surface area contributed by atoms with Gasteiger partial charge in [0.15, 0.2) is 0 Å². The number of hydrogen-bond acceptors (Lipinski definition) is 3. The highest BCUT2D eigenvalue weighted by Crippen LogP contribution is 2.24. The third-order valence-corrected chi connectivity index (χ3v) is 3.45. The summed E-state index contributed by atoms with van der Waals surface area (Å²) < 4.78 is 2.88. The van der Waals surface area contributed by atoms with Crippen molar-refractivity contribution in [1.82, 2.24) is 9.55 Å². The molecule has 0 atom stereocenters. The molecule has 0 bridgehead atoms. The first-order valence-corrected chi connectivity index (χ1v) is 6.59. The summed E-state index contributed by atoms with van der Waals surface area (Å²) in [5, 5.41) is 7.67. The first-order chi connectivity index (χ1) is 8.99. The molecule has 6 heteroatoms. The maximum atomic E-state index is 7.67. The normalized spacial score (nSPS) is 10.5. The van der Waals surface area contributed by atoms with Crippen LogP contribution >= 0.6 is 15.9 Å². The van der Waals surface area contributed by atoms with Crippen molar-refractivity contribution in [3.63, 3.8) is 0 Å². The minimum absolute atomic E-state index is 0.0583. The van der Waals surface area contributed by atoms with Gasteiger partial charge in [-0.3, -0.25) is 5.41 Å². The molecule has 5 nitrogen and oxygen atoms in total. The number of aryl methyl sites for hydroxylation is 1. The molecule has 0 amide bonds. The highest BCUT2D eigenvalue weighted by atomic mass is 79.9. The van der Waals surface area contributed by atoms with Crippen LogP contribution in [0.2, 0.25) is 0 Å². The van der Waals surface area contributed by atoms with Crippen LogP contribution in [0.4, 0.5) is 5.69 Å². The lowest BCUT2D eigenvalue weighted by Gasteiger charge is -2.22. The van der Waals surface area contributed by atoms with Crippen LogP contribution in [0, 0.1) is 5.41 Å². The Morgan fingerprint density at radius 2 is 2.26 bits per heavy atom. The summed E-state index contributed by atoms with van der Waals surface area (Å²) in [5.41, 5.74) is 7.27. The van der Waals surface area contributed by atoms with E-state index in [0.29, 0.717) is 12.1 Å². The topological polar surface area (TPSA) is 70.9 Å². The van der Waals surface area contributed by atoms with Crippen LogP contribution in [0.15, 0.2) is 35.1 Å². The van der Waals surface area contributed by atoms with Crippen molar-refractivity contribution in [2.24, 2.45) is 12.8 Å². The number of imidazole rings is 1. The van der Waals surface area contributed by atoms with Crippen molar-refractivity contribution in [3.05, 3.63) is 46.5 Å². The van der Waals surface area contributed by atoms with Crippen LogP contribution in [0.3, 0.4) is 0 Å². The van der Waals surface area contributed by atoms with Gasteiger partial charge in [-0.25, -0.2) is 4.98 Å². The number of rotatable bonds is 4. The molecule has 0 fully saturated rings. The maximum Gasteiger partial charge on any atom is 0.127 e. The molecule has 1 aromatic carbocycles. The number of amidine groups is 1. The van der Waals surface area contributed by atoms with Crippen LogP contribution in [0.25, 0.3) is 0 Å². The second-order valence-electron chi connectivity index (χ2n) is 4.39. The SMILES string of the molecule is CN(Cc1nccn1C)c1ccc(Br)cc1C(=N)N. The van der Waals surface area contributed by atoms with Gasteiger partial charge < -0.3 is 15.2 Å². The predicted octanol–water partition coefficient (Wildman–Crippen LogP) is 2.10. The molecule has 0 aliphatic heterocycles. The van der Waals surface area contributed by atoms with Crippen molar-refractivity contribution >= 4 is 27.5 Å². The fourth-order valence-electron chi connectivity index (χ4n) is 1.90. The Balaban J connectivity index is 2.31. The summed E-state index contributed by atoms with van der Waals surface area (Å²) in [6, 6.07) is 5.74. The summed E-state index contributed by atoms with van der Waals surface area (Å²) >= 11 is 3.40. The van der Waals surface area contributed by atoms with Gasteiger partial charge in [0.25, 0.3) is 0 Å². The van der Waals surface area contributed by atoms with Gasteiger partial charge in [-0.05, 0) is 18.2 Å². The Labute approximate surface area is 120 Å². The number of anilines is 1. The van der Waals surface area contributed by atoms with E-state index in [4.69, 9.17) is 11.1 Å². The monoisotopic (exact) mass is 321 g/mol. The lowest BCUT2D eigenvalue weighted by atomic mass is 10.1. The molecule has 1 aromatic heterocycles. The van der Waals surface area contributed by atoms with Gasteiger partial charge in [0.2, 0.25) is 0 Å². The Morgan fingerprint density at radius 1 is 1.53 bits per heavy atom. The molecule has 3 N–H and O–H groups in total. The quantitative estimate of drug-likeness (QED) is 0.669. The summed E-state index contributed by atoms with van der Waals surface area (Å²) in [6.07, 6.45) is 3.69. The number of halogens is 1. The van der Waals surface area contributed by atoms with Crippen molar-refractivity contribution < 1.29 is 0 Å². The molecule has 2 rings (SSSR count). The first-order valence-electron chi connectivity index (χ1n) is 5.80. The molecule has 19 heavy (non-hydrogen) atoms. The molecule has 0 saturated carbocycles. The molecule has 0 unspecified atom stereocenters. The average molecular weight is 322 g/mol. The van der Waals surface area contributed by atoms with Crippen LogP contribution < -0.4 is 10.6 Å². The molecule has 0 aliphatic carbocycles. The number of aromatic nitrogens is 2. The molecular formula is C13H16BrN5. The Bertz CT molecular complexity index is 605.